The average Bonchev–Trinajstić information content (AvgIpc) is 3.37. The second kappa shape index (κ2) is 7.59. The molecule has 1 N–H and O–H groups in total. The van der Waals surface area contributed by atoms with Crippen molar-refractivity contribution in [3.8, 4) is 0 Å². The van der Waals surface area contributed by atoms with Gasteiger partial charge in [0.2, 0.25) is 5.92 Å². The lowest BCUT2D eigenvalue weighted by molar-refractivity contribution is -0.113. The van der Waals surface area contributed by atoms with Crippen LogP contribution in [0, 0.1) is 0 Å². The van der Waals surface area contributed by atoms with E-state index in [0.29, 0.717) is 12.8 Å². The number of aromatic amines is 1. The molecule has 0 radical (unpaired) electrons. The van der Waals surface area contributed by atoms with E-state index in [1.807, 2.05) is 23.1 Å². The van der Waals surface area contributed by atoms with E-state index >= 15 is 0 Å². The van der Waals surface area contributed by atoms with Gasteiger partial charge in [-0.1, -0.05) is 31.2 Å². The zero-order valence-electron chi connectivity index (χ0n) is 17.4. The molecule has 2 aliphatic rings. The van der Waals surface area contributed by atoms with Gasteiger partial charge >= 0.3 is 0 Å². The van der Waals surface area contributed by atoms with Crippen molar-refractivity contribution in [1.82, 2.24) is 9.97 Å². The Labute approximate surface area is 180 Å². The molecule has 1 atom stereocenters. The number of halogens is 2. The lowest BCUT2D eigenvalue weighted by Crippen LogP contribution is -2.29. The first-order valence-electron chi connectivity index (χ1n) is 10.9. The number of nitrogens with one attached hydrogen (secondary N) is 1. The molecule has 3 aromatic rings. The Morgan fingerprint density at radius 1 is 1.10 bits per heavy atom. The van der Waals surface area contributed by atoms with Crippen molar-refractivity contribution in [2.75, 3.05) is 4.90 Å². The lowest BCUT2D eigenvalue weighted by Gasteiger charge is -2.30. The number of H-pyrrole nitrogens is 1. The van der Waals surface area contributed by atoms with Crippen LogP contribution in [0.15, 0.2) is 60.4 Å². The van der Waals surface area contributed by atoms with Crippen molar-refractivity contribution < 1.29 is 13.6 Å². The highest BCUT2D eigenvalue weighted by Gasteiger charge is 2.36. The molecule has 2 heterocycles. The van der Waals surface area contributed by atoms with Gasteiger partial charge in [0, 0.05) is 24.6 Å². The number of hydrogen-bond acceptors (Lipinski definition) is 2. The van der Waals surface area contributed by atoms with Gasteiger partial charge in [-0.05, 0) is 60.1 Å². The Kier molecular flexibility index (Phi) is 4.88. The van der Waals surface area contributed by atoms with E-state index in [4.69, 9.17) is 0 Å². The van der Waals surface area contributed by atoms with Crippen LogP contribution in [0.2, 0.25) is 0 Å². The maximum absolute atomic E-state index is 13.5. The number of alkyl halides is 2. The number of rotatable bonds is 4. The summed E-state index contributed by atoms with van der Waals surface area (Å²) >= 11 is 0. The Balaban J connectivity index is 1.44. The summed E-state index contributed by atoms with van der Waals surface area (Å²) in [7, 11) is 0. The number of benzene rings is 2. The Hall–Kier alpha value is -3.02. The van der Waals surface area contributed by atoms with Crippen molar-refractivity contribution in [1.29, 1.82) is 0 Å². The van der Waals surface area contributed by atoms with E-state index in [0.717, 1.165) is 39.8 Å². The summed E-state index contributed by atoms with van der Waals surface area (Å²) in [6, 6.07) is 13.8. The van der Waals surface area contributed by atoms with Crippen LogP contribution >= 0.6 is 0 Å². The first-order valence-corrected chi connectivity index (χ1v) is 10.9. The summed E-state index contributed by atoms with van der Waals surface area (Å²) in [6.45, 7) is 2.06. The van der Waals surface area contributed by atoms with E-state index < -0.39 is 5.92 Å². The van der Waals surface area contributed by atoms with Crippen LogP contribution in [0.4, 0.5) is 14.5 Å². The number of carbonyl (C=O) groups is 1. The average molecular weight is 421 g/mol. The summed E-state index contributed by atoms with van der Waals surface area (Å²) < 4.78 is 27.0. The second-order valence-corrected chi connectivity index (χ2v) is 8.58. The summed E-state index contributed by atoms with van der Waals surface area (Å²) in [4.78, 5) is 22.1. The number of carbonyl (C=O) groups excluding carboxylic acids is 1. The summed E-state index contributed by atoms with van der Waals surface area (Å²) in [5.74, 6) is -2.36. The van der Waals surface area contributed by atoms with Gasteiger partial charge in [0.1, 0.15) is 0 Å². The zero-order chi connectivity index (χ0) is 21.6. The van der Waals surface area contributed by atoms with Gasteiger partial charge in [-0.25, -0.2) is 13.8 Å². The maximum atomic E-state index is 13.5. The van der Waals surface area contributed by atoms with Crippen molar-refractivity contribution >= 4 is 22.6 Å². The summed E-state index contributed by atoms with van der Waals surface area (Å²) in [5.41, 5.74) is 5.78. The van der Waals surface area contributed by atoms with Gasteiger partial charge in [0.05, 0.1) is 23.4 Å². The van der Waals surface area contributed by atoms with E-state index in [2.05, 4.69) is 41.2 Å². The normalized spacial score (nSPS) is 21.6. The number of amides is 1. The van der Waals surface area contributed by atoms with E-state index in [9.17, 15) is 13.6 Å². The van der Waals surface area contributed by atoms with Crippen molar-refractivity contribution in [2.45, 2.75) is 56.9 Å². The highest BCUT2D eigenvalue weighted by Crippen LogP contribution is 2.43. The smallest absolute Gasteiger partial charge is 0.251 e. The van der Waals surface area contributed by atoms with Crippen LogP contribution in [-0.4, -0.2) is 21.8 Å². The first-order chi connectivity index (χ1) is 14.9. The third kappa shape index (κ3) is 3.64. The van der Waals surface area contributed by atoms with E-state index in [1.165, 1.54) is 0 Å². The Morgan fingerprint density at radius 2 is 1.81 bits per heavy atom. The third-order valence-electron chi connectivity index (χ3n) is 6.69. The third-order valence-corrected chi connectivity index (χ3v) is 6.69. The molecule has 2 aromatic carbocycles. The minimum Gasteiger partial charge on any atom is -0.345 e. The van der Waals surface area contributed by atoms with Crippen LogP contribution in [0.5, 0.6) is 0 Å². The minimum atomic E-state index is -2.52. The number of aromatic nitrogens is 2. The van der Waals surface area contributed by atoms with E-state index in [1.54, 1.807) is 12.4 Å². The fourth-order valence-corrected chi connectivity index (χ4v) is 4.93. The highest BCUT2D eigenvalue weighted by atomic mass is 19.3. The number of fused-ring (bicyclic) bond motifs is 1. The van der Waals surface area contributed by atoms with Crippen LogP contribution in [0.1, 0.15) is 62.1 Å². The molecular formula is C25H25F2N3O. The molecule has 5 rings (SSSR count). The quantitative estimate of drug-likeness (QED) is 0.539. The molecule has 4 nitrogen and oxygen atoms in total. The molecule has 1 unspecified atom stereocenters. The van der Waals surface area contributed by atoms with Crippen LogP contribution < -0.4 is 4.90 Å². The molecule has 1 amide bonds. The molecule has 0 bridgehead atoms. The van der Waals surface area contributed by atoms with E-state index in [-0.39, 0.29) is 30.7 Å². The summed E-state index contributed by atoms with van der Waals surface area (Å²) in [6.07, 6.45) is 5.12. The van der Waals surface area contributed by atoms with Gasteiger partial charge < -0.3 is 4.98 Å². The molecule has 6 heteroatoms. The number of imidazole rings is 1. The van der Waals surface area contributed by atoms with Gasteiger partial charge in [-0.2, -0.15) is 0 Å². The lowest BCUT2D eigenvalue weighted by atomic mass is 9.82. The van der Waals surface area contributed by atoms with Crippen LogP contribution in [0.3, 0.4) is 0 Å². The molecule has 0 spiro atoms. The Morgan fingerprint density at radius 3 is 2.52 bits per heavy atom. The summed E-state index contributed by atoms with van der Waals surface area (Å²) in [5, 5.41) is 0. The monoisotopic (exact) mass is 421 g/mol. The second-order valence-electron chi connectivity index (χ2n) is 8.58. The van der Waals surface area contributed by atoms with Gasteiger partial charge in [-0.15, -0.1) is 0 Å². The number of anilines is 1. The first kappa shape index (κ1) is 19.9. The largest absolute Gasteiger partial charge is 0.345 e. The number of hydrogen-bond donors (Lipinski definition) is 1. The van der Waals surface area contributed by atoms with Gasteiger partial charge in [-0.3, -0.25) is 9.69 Å². The molecule has 160 valence electrons. The molecule has 1 fully saturated rings. The molecule has 1 aromatic heterocycles. The van der Waals surface area contributed by atoms with Crippen molar-refractivity contribution in [2.24, 2.45) is 0 Å². The SMILES string of the molecule is CCC1=CC(=O)N(c2ccc3nc[nH]c3c2)C1c1ccc(C2CCC(F)(F)CC2)cc1. The molecule has 0 saturated heterocycles. The molecule has 1 saturated carbocycles. The fraction of sp³-hybridized carbons (Fsp3) is 0.360. The number of nitrogens with zero attached hydrogens (tertiary/aromatic N) is 2. The predicted octanol–water partition coefficient (Wildman–Crippen LogP) is 6.28. The van der Waals surface area contributed by atoms with Crippen LogP contribution in [0.25, 0.3) is 11.0 Å². The standard InChI is InChI=1S/C25H25F2N3O/c1-2-16-13-23(31)30(20-7-8-21-22(14-20)29-15-28-21)24(16)19-5-3-17(4-6-19)18-9-11-25(26,27)12-10-18/h3-8,13-15,18,24H,2,9-12H2,1H3,(H,28,29). The van der Waals surface area contributed by atoms with Gasteiger partial charge in [0.25, 0.3) is 5.91 Å². The van der Waals surface area contributed by atoms with Gasteiger partial charge in [0.15, 0.2) is 0 Å². The predicted molar refractivity (Wildman–Crippen MR) is 117 cm³/mol. The molecule has 1 aliphatic carbocycles. The maximum Gasteiger partial charge on any atom is 0.251 e. The zero-order valence-corrected chi connectivity index (χ0v) is 17.4. The molecule has 1 aliphatic heterocycles. The van der Waals surface area contributed by atoms with Crippen LogP contribution in [-0.2, 0) is 4.79 Å². The van der Waals surface area contributed by atoms with Crippen molar-refractivity contribution in [3.63, 3.8) is 0 Å². The minimum absolute atomic E-state index is 0.0284. The fourth-order valence-electron chi connectivity index (χ4n) is 4.93. The van der Waals surface area contributed by atoms with Crippen molar-refractivity contribution in [3.05, 3.63) is 71.6 Å². The topological polar surface area (TPSA) is 49.0 Å². The highest BCUT2D eigenvalue weighted by molar-refractivity contribution is 6.06. The Bertz CT molecular complexity index is 1140. The molecule has 31 heavy (non-hydrogen) atoms. The molecular weight excluding hydrogens is 396 g/mol.